The Morgan fingerprint density at radius 3 is 2.42 bits per heavy atom. The molecule has 0 aliphatic carbocycles. The fourth-order valence-electron chi connectivity index (χ4n) is 1.60. The van der Waals surface area contributed by atoms with E-state index in [9.17, 15) is 0 Å². The van der Waals surface area contributed by atoms with E-state index in [1.165, 1.54) is 0 Å². The zero-order valence-electron chi connectivity index (χ0n) is 12.5. The number of hydrogen-bond acceptors (Lipinski definition) is 4. The highest BCUT2D eigenvalue weighted by molar-refractivity contribution is 5.43. The molecule has 0 aliphatic rings. The Morgan fingerprint density at radius 1 is 1.21 bits per heavy atom. The number of hydrogen-bond donors (Lipinski definition) is 1. The normalized spacial score (nSPS) is 13.2. The maximum absolute atomic E-state index is 5.85. The van der Waals surface area contributed by atoms with Crippen LogP contribution in [0, 0.1) is 0 Å². The van der Waals surface area contributed by atoms with Gasteiger partial charge in [-0.05, 0) is 38.5 Å². The molecule has 0 unspecified atom stereocenters. The standard InChI is InChI=1S/C15H25NO3/c1-11(16)12-6-7-13(14(10-12)17-4)19-9-8-15(2,3)18-5/h6-7,10-11H,8-9,16H2,1-5H3/t11-/m1/s1. The van der Waals surface area contributed by atoms with Crippen LogP contribution in [0.15, 0.2) is 18.2 Å². The first-order chi connectivity index (χ1) is 8.89. The molecule has 0 amide bonds. The van der Waals surface area contributed by atoms with Crippen LogP contribution in [0.25, 0.3) is 0 Å². The van der Waals surface area contributed by atoms with Gasteiger partial charge in [0, 0.05) is 19.6 Å². The zero-order valence-corrected chi connectivity index (χ0v) is 12.5. The second-order valence-corrected chi connectivity index (χ2v) is 5.26. The Hall–Kier alpha value is -1.26. The van der Waals surface area contributed by atoms with Crippen molar-refractivity contribution in [3.8, 4) is 11.5 Å². The van der Waals surface area contributed by atoms with E-state index in [0.29, 0.717) is 12.4 Å². The minimum atomic E-state index is -0.182. The Labute approximate surface area is 115 Å². The summed E-state index contributed by atoms with van der Waals surface area (Å²) in [6.07, 6.45) is 0.807. The van der Waals surface area contributed by atoms with E-state index >= 15 is 0 Å². The summed E-state index contributed by atoms with van der Waals surface area (Å²) in [6.45, 7) is 6.59. The van der Waals surface area contributed by atoms with E-state index in [2.05, 4.69) is 0 Å². The molecule has 4 heteroatoms. The van der Waals surface area contributed by atoms with E-state index in [0.717, 1.165) is 17.7 Å². The van der Waals surface area contributed by atoms with Crippen LogP contribution >= 0.6 is 0 Å². The molecule has 0 fully saturated rings. The van der Waals surface area contributed by atoms with Crippen molar-refractivity contribution in [1.29, 1.82) is 0 Å². The molecule has 1 rings (SSSR count). The monoisotopic (exact) mass is 267 g/mol. The summed E-state index contributed by atoms with van der Waals surface area (Å²) in [5.74, 6) is 1.45. The van der Waals surface area contributed by atoms with Crippen molar-refractivity contribution >= 4 is 0 Å². The molecule has 1 aromatic rings. The first-order valence-corrected chi connectivity index (χ1v) is 6.51. The molecule has 0 saturated carbocycles. The average molecular weight is 267 g/mol. The second kappa shape index (κ2) is 6.78. The van der Waals surface area contributed by atoms with Gasteiger partial charge < -0.3 is 19.9 Å². The van der Waals surface area contributed by atoms with Gasteiger partial charge in [0.25, 0.3) is 0 Å². The van der Waals surface area contributed by atoms with Crippen LogP contribution in [0.5, 0.6) is 11.5 Å². The summed E-state index contributed by atoms with van der Waals surface area (Å²) in [6, 6.07) is 5.76. The van der Waals surface area contributed by atoms with Crippen molar-refractivity contribution in [2.45, 2.75) is 38.8 Å². The summed E-state index contributed by atoms with van der Waals surface area (Å²) in [5, 5.41) is 0. The summed E-state index contributed by atoms with van der Waals surface area (Å²) < 4.78 is 16.4. The topological polar surface area (TPSA) is 53.7 Å². The Kier molecular flexibility index (Phi) is 5.63. The van der Waals surface area contributed by atoms with E-state index in [-0.39, 0.29) is 11.6 Å². The van der Waals surface area contributed by atoms with Crippen molar-refractivity contribution in [3.05, 3.63) is 23.8 Å². The van der Waals surface area contributed by atoms with Crippen molar-refractivity contribution in [2.24, 2.45) is 5.73 Å². The van der Waals surface area contributed by atoms with Crippen molar-refractivity contribution in [3.63, 3.8) is 0 Å². The smallest absolute Gasteiger partial charge is 0.161 e. The average Bonchev–Trinajstić information content (AvgIpc) is 2.38. The molecule has 0 aromatic heterocycles. The molecule has 2 N–H and O–H groups in total. The zero-order chi connectivity index (χ0) is 14.5. The largest absolute Gasteiger partial charge is 0.493 e. The SMILES string of the molecule is COc1cc([C@@H](C)N)ccc1OCCC(C)(C)OC. The Morgan fingerprint density at radius 2 is 1.89 bits per heavy atom. The minimum absolute atomic E-state index is 0.0182. The lowest BCUT2D eigenvalue weighted by molar-refractivity contribution is 0.00525. The van der Waals surface area contributed by atoms with Gasteiger partial charge in [-0.1, -0.05) is 6.07 Å². The van der Waals surface area contributed by atoms with Crippen LogP contribution in [0.3, 0.4) is 0 Å². The lowest BCUT2D eigenvalue weighted by atomic mass is 10.1. The van der Waals surface area contributed by atoms with Gasteiger partial charge in [0.15, 0.2) is 11.5 Å². The fourth-order valence-corrected chi connectivity index (χ4v) is 1.60. The Balaban J connectivity index is 2.68. The summed E-state index contributed by atoms with van der Waals surface area (Å²) in [4.78, 5) is 0. The summed E-state index contributed by atoms with van der Waals surface area (Å²) in [5.41, 5.74) is 6.70. The molecule has 1 aromatic carbocycles. The molecule has 19 heavy (non-hydrogen) atoms. The molecule has 108 valence electrons. The highest BCUT2D eigenvalue weighted by Gasteiger charge is 2.16. The first kappa shape index (κ1) is 15.8. The third-order valence-corrected chi connectivity index (χ3v) is 3.23. The van der Waals surface area contributed by atoms with Crippen LogP contribution in [-0.4, -0.2) is 26.4 Å². The van der Waals surface area contributed by atoms with Gasteiger partial charge in [-0.25, -0.2) is 0 Å². The van der Waals surface area contributed by atoms with E-state index in [1.807, 2.05) is 39.0 Å². The molecule has 0 radical (unpaired) electrons. The number of benzene rings is 1. The van der Waals surface area contributed by atoms with Gasteiger partial charge in [-0.15, -0.1) is 0 Å². The number of methoxy groups -OCH3 is 2. The van der Waals surface area contributed by atoms with Crippen molar-refractivity contribution in [2.75, 3.05) is 20.8 Å². The predicted molar refractivity (Wildman–Crippen MR) is 76.8 cm³/mol. The maximum atomic E-state index is 5.85. The molecular formula is C15H25NO3. The second-order valence-electron chi connectivity index (χ2n) is 5.26. The van der Waals surface area contributed by atoms with Crippen LogP contribution in [0.1, 0.15) is 38.8 Å². The third kappa shape index (κ3) is 4.73. The molecule has 0 aliphatic heterocycles. The molecule has 4 nitrogen and oxygen atoms in total. The van der Waals surface area contributed by atoms with Gasteiger partial charge in [0.2, 0.25) is 0 Å². The predicted octanol–water partition coefficient (Wildman–Crippen LogP) is 2.91. The Bertz CT molecular complexity index is 402. The lowest BCUT2D eigenvalue weighted by Gasteiger charge is -2.23. The third-order valence-electron chi connectivity index (χ3n) is 3.23. The lowest BCUT2D eigenvalue weighted by Crippen LogP contribution is -2.25. The number of nitrogens with two attached hydrogens (primary N) is 1. The van der Waals surface area contributed by atoms with Crippen LogP contribution in [0.4, 0.5) is 0 Å². The van der Waals surface area contributed by atoms with Gasteiger partial charge in [-0.2, -0.15) is 0 Å². The molecule has 1 atom stereocenters. The summed E-state index contributed by atoms with van der Waals surface area (Å²) in [7, 11) is 3.34. The molecule has 0 bridgehead atoms. The quantitative estimate of drug-likeness (QED) is 0.825. The summed E-state index contributed by atoms with van der Waals surface area (Å²) >= 11 is 0. The van der Waals surface area contributed by atoms with Gasteiger partial charge >= 0.3 is 0 Å². The van der Waals surface area contributed by atoms with Gasteiger partial charge in [0.1, 0.15) is 0 Å². The van der Waals surface area contributed by atoms with Crippen LogP contribution in [0.2, 0.25) is 0 Å². The highest BCUT2D eigenvalue weighted by atomic mass is 16.5. The van der Waals surface area contributed by atoms with Gasteiger partial charge in [0.05, 0.1) is 19.3 Å². The fraction of sp³-hybridized carbons (Fsp3) is 0.600. The molecule has 0 spiro atoms. The van der Waals surface area contributed by atoms with E-state index in [1.54, 1.807) is 14.2 Å². The molecule has 0 saturated heterocycles. The van der Waals surface area contributed by atoms with E-state index < -0.39 is 0 Å². The maximum Gasteiger partial charge on any atom is 0.161 e. The number of ether oxygens (including phenoxy) is 3. The van der Waals surface area contributed by atoms with Crippen molar-refractivity contribution < 1.29 is 14.2 Å². The number of rotatable bonds is 7. The molecule has 0 heterocycles. The van der Waals surface area contributed by atoms with Crippen LogP contribution < -0.4 is 15.2 Å². The minimum Gasteiger partial charge on any atom is -0.493 e. The van der Waals surface area contributed by atoms with Crippen LogP contribution in [-0.2, 0) is 4.74 Å². The highest BCUT2D eigenvalue weighted by Crippen LogP contribution is 2.30. The molecular weight excluding hydrogens is 242 g/mol. The van der Waals surface area contributed by atoms with Gasteiger partial charge in [-0.3, -0.25) is 0 Å². The van der Waals surface area contributed by atoms with E-state index in [4.69, 9.17) is 19.9 Å². The first-order valence-electron chi connectivity index (χ1n) is 6.51. The van der Waals surface area contributed by atoms with Crippen molar-refractivity contribution in [1.82, 2.24) is 0 Å².